The highest BCUT2D eigenvalue weighted by Gasteiger charge is 2.33. The Bertz CT molecular complexity index is 1420. The van der Waals surface area contributed by atoms with Crippen LogP contribution in [0.5, 0.6) is 5.75 Å². The summed E-state index contributed by atoms with van der Waals surface area (Å²) in [7, 11) is -2.72. The molecule has 0 aromatic heterocycles. The van der Waals surface area contributed by atoms with Gasteiger partial charge in [-0.25, -0.2) is 8.42 Å². The Hall–Kier alpha value is -3.27. The lowest BCUT2D eigenvalue weighted by Gasteiger charge is -2.33. The van der Waals surface area contributed by atoms with E-state index in [-0.39, 0.29) is 29.1 Å². The molecule has 0 aliphatic carbocycles. The third-order valence-electron chi connectivity index (χ3n) is 6.51. The van der Waals surface area contributed by atoms with E-state index in [1.165, 1.54) is 30.2 Å². The van der Waals surface area contributed by atoms with Gasteiger partial charge in [-0.2, -0.15) is 0 Å². The van der Waals surface area contributed by atoms with Crippen LogP contribution in [-0.4, -0.2) is 50.9 Å². The first kappa shape index (κ1) is 31.3. The number of benzene rings is 3. The molecule has 0 radical (unpaired) electrons. The van der Waals surface area contributed by atoms with E-state index in [0.29, 0.717) is 27.8 Å². The fourth-order valence-corrected chi connectivity index (χ4v) is 5.86. The molecule has 0 aliphatic heterocycles. The van der Waals surface area contributed by atoms with Crippen molar-refractivity contribution >= 4 is 50.7 Å². The number of methoxy groups -OCH3 is 1. The number of anilines is 1. The number of ether oxygens (including phenoxy) is 1. The topological polar surface area (TPSA) is 96.0 Å². The zero-order valence-electron chi connectivity index (χ0n) is 22.8. The average Bonchev–Trinajstić information content (AvgIpc) is 2.95. The van der Waals surface area contributed by atoms with Crippen LogP contribution in [-0.2, 0) is 26.2 Å². The van der Waals surface area contributed by atoms with Crippen LogP contribution < -0.4 is 14.4 Å². The van der Waals surface area contributed by atoms with Crippen LogP contribution in [0.1, 0.15) is 32.8 Å². The third kappa shape index (κ3) is 7.47. The SMILES string of the molecule is CC[C@@H](C)NC(=O)[C@@H](C)N(Cc1c(Cl)cccc1Cl)C(=O)CN(c1cccc(OC)c1)S(=O)(=O)c1ccccc1. The molecule has 2 amide bonds. The Morgan fingerprint density at radius 1 is 0.950 bits per heavy atom. The number of rotatable bonds is 12. The zero-order valence-corrected chi connectivity index (χ0v) is 25.1. The molecule has 8 nitrogen and oxygen atoms in total. The first-order valence-electron chi connectivity index (χ1n) is 12.7. The Labute approximate surface area is 245 Å². The highest BCUT2D eigenvalue weighted by Crippen LogP contribution is 2.29. The van der Waals surface area contributed by atoms with Crippen molar-refractivity contribution in [3.05, 3.63) is 88.4 Å². The number of amides is 2. The summed E-state index contributed by atoms with van der Waals surface area (Å²) in [6.45, 7) is 4.68. The molecule has 3 aromatic rings. The maximum Gasteiger partial charge on any atom is 0.264 e. The second kappa shape index (κ2) is 13.9. The van der Waals surface area contributed by atoms with Crippen molar-refractivity contribution in [2.24, 2.45) is 0 Å². The van der Waals surface area contributed by atoms with Crippen molar-refractivity contribution in [1.29, 1.82) is 0 Å². The smallest absolute Gasteiger partial charge is 0.264 e. The number of carbonyl (C=O) groups excluding carboxylic acids is 2. The molecule has 0 saturated heterocycles. The number of hydrogen-bond donors (Lipinski definition) is 1. The van der Waals surface area contributed by atoms with Gasteiger partial charge < -0.3 is 15.0 Å². The van der Waals surface area contributed by atoms with Gasteiger partial charge >= 0.3 is 0 Å². The van der Waals surface area contributed by atoms with Crippen LogP contribution in [0.4, 0.5) is 5.69 Å². The maximum absolute atomic E-state index is 14.0. The molecule has 0 aliphatic rings. The molecule has 11 heteroatoms. The fourth-order valence-electron chi connectivity index (χ4n) is 3.92. The van der Waals surface area contributed by atoms with Gasteiger partial charge in [-0.15, -0.1) is 0 Å². The standard InChI is InChI=1S/C29H33Cl2N3O5S/c1-5-20(2)32-29(36)21(3)33(18-25-26(30)15-10-16-27(25)31)28(35)19-34(22-11-9-12-23(17-22)39-4)40(37,38)24-13-7-6-8-14-24/h6-17,20-21H,5,18-19H2,1-4H3,(H,32,36)/t20-,21-/m1/s1. The van der Waals surface area contributed by atoms with Crippen molar-refractivity contribution in [1.82, 2.24) is 10.2 Å². The maximum atomic E-state index is 14.0. The van der Waals surface area contributed by atoms with Crippen LogP contribution >= 0.6 is 23.2 Å². The molecule has 40 heavy (non-hydrogen) atoms. The summed E-state index contributed by atoms with van der Waals surface area (Å²) in [5.74, 6) is -0.589. The third-order valence-corrected chi connectivity index (χ3v) is 9.01. The largest absolute Gasteiger partial charge is 0.497 e. The van der Waals surface area contributed by atoms with Gasteiger partial charge in [0.05, 0.1) is 17.7 Å². The molecular formula is C29H33Cl2N3O5S. The average molecular weight is 607 g/mol. The quantitative estimate of drug-likeness (QED) is 0.293. The zero-order chi connectivity index (χ0) is 29.4. The summed E-state index contributed by atoms with van der Waals surface area (Å²) in [4.78, 5) is 28.5. The molecule has 0 fully saturated rings. The van der Waals surface area contributed by atoms with Crippen LogP contribution in [0.25, 0.3) is 0 Å². The van der Waals surface area contributed by atoms with Gasteiger partial charge in [-0.1, -0.05) is 60.5 Å². The monoisotopic (exact) mass is 605 g/mol. The first-order chi connectivity index (χ1) is 19.0. The molecular weight excluding hydrogens is 573 g/mol. The summed E-state index contributed by atoms with van der Waals surface area (Å²) in [5.41, 5.74) is 0.671. The van der Waals surface area contributed by atoms with E-state index < -0.39 is 28.5 Å². The Morgan fingerprint density at radius 3 is 2.17 bits per heavy atom. The molecule has 1 N–H and O–H groups in total. The van der Waals surface area contributed by atoms with Crippen molar-refractivity contribution in [3.63, 3.8) is 0 Å². The van der Waals surface area contributed by atoms with E-state index in [4.69, 9.17) is 27.9 Å². The van der Waals surface area contributed by atoms with Gasteiger partial charge in [0.25, 0.3) is 10.0 Å². The first-order valence-corrected chi connectivity index (χ1v) is 14.9. The van der Waals surface area contributed by atoms with Gasteiger partial charge in [0.15, 0.2) is 0 Å². The number of halogens is 2. The molecule has 0 heterocycles. The predicted molar refractivity (Wildman–Crippen MR) is 158 cm³/mol. The van der Waals surface area contributed by atoms with E-state index in [1.54, 1.807) is 61.5 Å². The van der Waals surface area contributed by atoms with Crippen LogP contribution in [0, 0.1) is 0 Å². The number of carbonyl (C=O) groups is 2. The summed E-state index contributed by atoms with van der Waals surface area (Å²) in [6, 6.07) is 18.1. The Balaban J connectivity index is 2.07. The van der Waals surface area contributed by atoms with Crippen molar-refractivity contribution in [2.45, 2.75) is 50.7 Å². The van der Waals surface area contributed by atoms with Gasteiger partial charge in [-0.3, -0.25) is 13.9 Å². The molecule has 0 bridgehead atoms. The van der Waals surface area contributed by atoms with E-state index >= 15 is 0 Å². The van der Waals surface area contributed by atoms with Crippen molar-refractivity contribution < 1.29 is 22.7 Å². The summed E-state index contributed by atoms with van der Waals surface area (Å²) in [6.07, 6.45) is 0.696. The van der Waals surface area contributed by atoms with E-state index in [9.17, 15) is 18.0 Å². The lowest BCUT2D eigenvalue weighted by molar-refractivity contribution is -0.139. The van der Waals surface area contributed by atoms with E-state index in [2.05, 4.69) is 5.32 Å². The van der Waals surface area contributed by atoms with Crippen molar-refractivity contribution in [2.75, 3.05) is 18.0 Å². The lowest BCUT2D eigenvalue weighted by Crippen LogP contribution is -2.52. The summed E-state index contributed by atoms with van der Waals surface area (Å²) in [5, 5.41) is 3.53. The van der Waals surface area contributed by atoms with Gasteiger partial charge in [0.2, 0.25) is 11.8 Å². The van der Waals surface area contributed by atoms with E-state index in [0.717, 1.165) is 4.31 Å². The highest BCUT2D eigenvalue weighted by molar-refractivity contribution is 7.92. The second-order valence-electron chi connectivity index (χ2n) is 9.24. The molecule has 3 rings (SSSR count). The highest BCUT2D eigenvalue weighted by atomic mass is 35.5. The minimum atomic E-state index is -4.19. The van der Waals surface area contributed by atoms with Gasteiger partial charge in [-0.05, 0) is 56.7 Å². The van der Waals surface area contributed by atoms with Crippen molar-refractivity contribution in [3.8, 4) is 5.75 Å². The Kier molecular flexibility index (Phi) is 10.8. The van der Waals surface area contributed by atoms with Crippen LogP contribution in [0.3, 0.4) is 0 Å². The minimum absolute atomic E-state index is 0.00822. The predicted octanol–water partition coefficient (Wildman–Crippen LogP) is 5.53. The number of hydrogen-bond acceptors (Lipinski definition) is 5. The summed E-state index contributed by atoms with van der Waals surface area (Å²) < 4.78 is 34.0. The molecule has 214 valence electrons. The number of nitrogens with zero attached hydrogens (tertiary/aromatic N) is 2. The second-order valence-corrected chi connectivity index (χ2v) is 11.9. The Morgan fingerprint density at radius 2 is 1.57 bits per heavy atom. The van der Waals surface area contributed by atoms with Crippen LogP contribution in [0.15, 0.2) is 77.7 Å². The molecule has 0 unspecified atom stereocenters. The number of sulfonamides is 1. The van der Waals surface area contributed by atoms with Gasteiger partial charge in [0, 0.05) is 34.3 Å². The van der Waals surface area contributed by atoms with Gasteiger partial charge in [0.1, 0.15) is 18.3 Å². The molecule has 3 aromatic carbocycles. The normalized spacial score (nSPS) is 12.8. The van der Waals surface area contributed by atoms with E-state index in [1.807, 2.05) is 13.8 Å². The minimum Gasteiger partial charge on any atom is -0.497 e. The lowest BCUT2D eigenvalue weighted by atomic mass is 10.1. The fraction of sp³-hybridized carbons (Fsp3) is 0.310. The molecule has 0 saturated carbocycles. The molecule has 2 atom stereocenters. The molecule has 0 spiro atoms. The van der Waals surface area contributed by atoms with Crippen LogP contribution in [0.2, 0.25) is 10.0 Å². The number of nitrogens with one attached hydrogen (secondary N) is 1. The summed E-state index contributed by atoms with van der Waals surface area (Å²) >= 11 is 12.8.